The van der Waals surface area contributed by atoms with Crippen LogP contribution in [-0.2, 0) is 6.54 Å². The third-order valence-electron chi connectivity index (χ3n) is 5.79. The lowest BCUT2D eigenvalue weighted by Crippen LogP contribution is -2.44. The summed E-state index contributed by atoms with van der Waals surface area (Å²) in [5, 5.41) is 16.3. The highest BCUT2D eigenvalue weighted by Gasteiger charge is 2.31. The van der Waals surface area contributed by atoms with Gasteiger partial charge in [0, 0.05) is 32.0 Å². The molecule has 0 bridgehead atoms. The Balaban J connectivity index is 0.00000363. The molecule has 1 heterocycles. The van der Waals surface area contributed by atoms with Crippen molar-refractivity contribution in [2.75, 3.05) is 19.7 Å². The fourth-order valence-electron chi connectivity index (χ4n) is 4.07. The molecule has 3 rings (SSSR count). The Bertz CT molecular complexity index is 837. The van der Waals surface area contributed by atoms with Gasteiger partial charge in [0.2, 0.25) is 5.88 Å². The molecule has 1 aromatic heterocycles. The van der Waals surface area contributed by atoms with Crippen LogP contribution in [-0.4, -0.2) is 35.7 Å². The van der Waals surface area contributed by atoms with Crippen LogP contribution in [0.25, 0.3) is 0 Å². The Kier molecular flexibility index (Phi) is 11.2. The van der Waals surface area contributed by atoms with Crippen molar-refractivity contribution < 1.29 is 14.2 Å². The molecule has 176 valence electrons. The Labute approximate surface area is 207 Å². The highest BCUT2D eigenvalue weighted by Crippen LogP contribution is 2.38. The van der Waals surface area contributed by atoms with Crippen molar-refractivity contribution in [1.29, 1.82) is 0 Å². The summed E-state index contributed by atoms with van der Waals surface area (Å²) < 4.78 is 18.8. The normalized spacial score (nSPS) is 15.5. The summed E-state index contributed by atoms with van der Waals surface area (Å²) in [6, 6.07) is 9.59. The monoisotopic (exact) mass is 556 g/mol. The number of guanidine groups is 1. The fraction of sp³-hybridized carbons (Fsp3) is 0.500. The lowest BCUT2D eigenvalue weighted by Gasteiger charge is -2.37. The number of nitrogens with one attached hydrogen (secondary N) is 2. The van der Waals surface area contributed by atoms with E-state index in [9.17, 15) is 9.50 Å². The molecule has 1 aliphatic rings. The first-order chi connectivity index (χ1) is 15.1. The average Bonchev–Trinajstić information content (AvgIpc) is 2.78. The van der Waals surface area contributed by atoms with Crippen molar-refractivity contribution in [2.45, 2.75) is 52.0 Å². The Morgan fingerprint density at radius 2 is 1.91 bits per heavy atom. The SMILES string of the molecule is CCNC(=NCc1ccnc(Oc2ccc(F)cc2)c1)NCC1(CCO)CCCCC1.I. The predicted molar refractivity (Wildman–Crippen MR) is 136 cm³/mol. The van der Waals surface area contributed by atoms with Crippen LogP contribution < -0.4 is 15.4 Å². The number of halogens is 2. The van der Waals surface area contributed by atoms with E-state index in [4.69, 9.17) is 9.73 Å². The van der Waals surface area contributed by atoms with Gasteiger partial charge in [0.1, 0.15) is 11.6 Å². The molecule has 1 fully saturated rings. The van der Waals surface area contributed by atoms with E-state index in [-0.39, 0.29) is 41.8 Å². The maximum absolute atomic E-state index is 13.1. The number of rotatable bonds is 9. The Morgan fingerprint density at radius 1 is 1.16 bits per heavy atom. The molecule has 6 nitrogen and oxygen atoms in total. The molecule has 0 amide bonds. The first kappa shape index (κ1) is 26.3. The highest BCUT2D eigenvalue weighted by molar-refractivity contribution is 14.0. The Hall–Kier alpha value is -1.94. The van der Waals surface area contributed by atoms with E-state index in [1.165, 1.54) is 31.4 Å². The number of pyridine rings is 1. The molecule has 32 heavy (non-hydrogen) atoms. The first-order valence-corrected chi connectivity index (χ1v) is 11.1. The molecule has 0 atom stereocenters. The summed E-state index contributed by atoms with van der Waals surface area (Å²) in [6.07, 6.45) is 8.54. The smallest absolute Gasteiger partial charge is 0.219 e. The molecule has 0 spiro atoms. The number of benzene rings is 1. The second-order valence-electron chi connectivity index (χ2n) is 8.14. The van der Waals surface area contributed by atoms with Gasteiger partial charge in [-0.05, 0) is 67.5 Å². The number of aromatic nitrogens is 1. The van der Waals surface area contributed by atoms with Crippen LogP contribution in [0, 0.1) is 11.2 Å². The zero-order chi connectivity index (χ0) is 21.9. The van der Waals surface area contributed by atoms with Gasteiger partial charge in [-0.1, -0.05) is 19.3 Å². The summed E-state index contributed by atoms with van der Waals surface area (Å²) >= 11 is 0. The molecule has 0 radical (unpaired) electrons. The molecule has 8 heteroatoms. The molecule has 1 aliphatic carbocycles. The van der Waals surface area contributed by atoms with Crippen LogP contribution in [0.5, 0.6) is 11.6 Å². The van der Waals surface area contributed by atoms with E-state index < -0.39 is 0 Å². The van der Waals surface area contributed by atoms with Gasteiger partial charge >= 0.3 is 0 Å². The largest absolute Gasteiger partial charge is 0.439 e. The number of hydrogen-bond donors (Lipinski definition) is 3. The van der Waals surface area contributed by atoms with E-state index in [0.717, 1.165) is 43.9 Å². The zero-order valence-electron chi connectivity index (χ0n) is 18.6. The summed E-state index contributed by atoms with van der Waals surface area (Å²) in [5.74, 6) is 1.44. The molecular weight excluding hydrogens is 522 g/mol. The third-order valence-corrected chi connectivity index (χ3v) is 5.79. The van der Waals surface area contributed by atoms with Crippen LogP contribution in [0.2, 0.25) is 0 Å². The summed E-state index contributed by atoms with van der Waals surface area (Å²) in [5.41, 5.74) is 1.11. The topological polar surface area (TPSA) is 78.8 Å². The highest BCUT2D eigenvalue weighted by atomic mass is 127. The molecule has 1 saturated carbocycles. The minimum absolute atomic E-state index is 0. The van der Waals surface area contributed by atoms with Crippen molar-refractivity contribution in [3.05, 3.63) is 54.0 Å². The van der Waals surface area contributed by atoms with Crippen molar-refractivity contribution in [3.63, 3.8) is 0 Å². The molecule has 0 saturated heterocycles. The van der Waals surface area contributed by atoms with Crippen molar-refractivity contribution in [1.82, 2.24) is 15.6 Å². The minimum Gasteiger partial charge on any atom is -0.439 e. The second kappa shape index (κ2) is 13.6. The average molecular weight is 556 g/mol. The fourth-order valence-corrected chi connectivity index (χ4v) is 4.07. The quantitative estimate of drug-likeness (QED) is 0.230. The van der Waals surface area contributed by atoms with Gasteiger partial charge in [0.05, 0.1) is 6.54 Å². The van der Waals surface area contributed by atoms with Gasteiger partial charge in [-0.15, -0.1) is 24.0 Å². The summed E-state index contributed by atoms with van der Waals surface area (Å²) in [4.78, 5) is 8.95. The van der Waals surface area contributed by atoms with Crippen LogP contribution in [0.1, 0.15) is 51.0 Å². The Morgan fingerprint density at radius 3 is 2.59 bits per heavy atom. The van der Waals surface area contributed by atoms with Crippen molar-refractivity contribution in [3.8, 4) is 11.6 Å². The van der Waals surface area contributed by atoms with Gasteiger partial charge in [-0.2, -0.15) is 0 Å². The van der Waals surface area contributed by atoms with E-state index in [0.29, 0.717) is 18.2 Å². The molecule has 0 aliphatic heterocycles. The zero-order valence-corrected chi connectivity index (χ0v) is 21.0. The van der Waals surface area contributed by atoms with Gasteiger partial charge in [0.15, 0.2) is 5.96 Å². The van der Waals surface area contributed by atoms with E-state index in [1.807, 2.05) is 19.1 Å². The standard InChI is InChI=1S/C24H33FN4O2.HI/c1-2-26-23(29-18-24(13-15-30)11-4-3-5-12-24)28-17-19-10-14-27-22(16-19)31-21-8-6-20(25)7-9-21;/h6-10,14,16,30H,2-5,11-13,15,17-18H2,1H3,(H2,26,28,29);1H. The van der Waals surface area contributed by atoms with Crippen LogP contribution in [0.4, 0.5) is 4.39 Å². The van der Waals surface area contributed by atoms with Gasteiger partial charge in [0.25, 0.3) is 0 Å². The number of ether oxygens (including phenoxy) is 1. The first-order valence-electron chi connectivity index (χ1n) is 11.1. The number of aliphatic imine (C=N–C) groups is 1. The molecule has 3 N–H and O–H groups in total. The number of nitrogens with zero attached hydrogens (tertiary/aromatic N) is 2. The molecule has 2 aromatic rings. The second-order valence-corrected chi connectivity index (χ2v) is 8.14. The van der Waals surface area contributed by atoms with E-state index >= 15 is 0 Å². The van der Waals surface area contributed by atoms with Gasteiger partial charge < -0.3 is 20.5 Å². The summed E-state index contributed by atoms with van der Waals surface area (Å²) in [6.45, 7) is 4.33. The lowest BCUT2D eigenvalue weighted by molar-refractivity contribution is 0.131. The van der Waals surface area contributed by atoms with Crippen LogP contribution >= 0.6 is 24.0 Å². The summed E-state index contributed by atoms with van der Waals surface area (Å²) in [7, 11) is 0. The van der Waals surface area contributed by atoms with E-state index in [2.05, 4.69) is 15.6 Å². The third kappa shape index (κ3) is 8.20. The predicted octanol–water partition coefficient (Wildman–Crippen LogP) is 5.02. The maximum Gasteiger partial charge on any atom is 0.219 e. The number of aliphatic hydroxyl groups is 1. The maximum atomic E-state index is 13.1. The lowest BCUT2D eigenvalue weighted by atomic mass is 9.72. The number of hydrogen-bond acceptors (Lipinski definition) is 4. The van der Waals surface area contributed by atoms with Crippen molar-refractivity contribution in [2.24, 2.45) is 10.4 Å². The van der Waals surface area contributed by atoms with Gasteiger partial charge in [-0.25, -0.2) is 14.4 Å². The van der Waals surface area contributed by atoms with Gasteiger partial charge in [-0.3, -0.25) is 0 Å². The molecule has 1 aromatic carbocycles. The van der Waals surface area contributed by atoms with Crippen molar-refractivity contribution >= 4 is 29.9 Å². The van der Waals surface area contributed by atoms with Crippen LogP contribution in [0.15, 0.2) is 47.6 Å². The molecular formula is C24H34FIN4O2. The van der Waals surface area contributed by atoms with Crippen LogP contribution in [0.3, 0.4) is 0 Å². The minimum atomic E-state index is -0.305. The van der Waals surface area contributed by atoms with E-state index in [1.54, 1.807) is 18.3 Å². The number of aliphatic hydroxyl groups excluding tert-OH is 1. The molecule has 0 unspecified atom stereocenters.